The van der Waals surface area contributed by atoms with E-state index < -0.39 is 11.6 Å². The number of ether oxygens (including phenoxy) is 2. The summed E-state index contributed by atoms with van der Waals surface area (Å²) in [6, 6.07) is 14.2. The third-order valence-corrected chi connectivity index (χ3v) is 5.52. The number of hydrogen-bond donors (Lipinski definition) is 1. The molecule has 2 aliphatic heterocycles. The maximum atomic E-state index is 13.5. The second-order valence-electron chi connectivity index (χ2n) is 7.27. The Balaban J connectivity index is 1.78. The van der Waals surface area contributed by atoms with Crippen molar-refractivity contribution in [3.05, 3.63) is 54.1 Å². The molecule has 0 bridgehead atoms. The molecule has 0 radical (unpaired) electrons. The SMILES string of the molecule is COc1cc(OC)cc([C@@H]2CN(C)C[C@]23NC(=O)N(c2ccccc2)C3=O)c1. The van der Waals surface area contributed by atoms with Crippen LogP contribution in [-0.4, -0.2) is 56.7 Å². The van der Waals surface area contributed by atoms with E-state index in [2.05, 4.69) is 10.2 Å². The molecule has 2 aromatic rings. The average Bonchev–Trinajstić information content (AvgIpc) is 3.17. The lowest BCUT2D eigenvalue weighted by Crippen LogP contribution is -2.52. The van der Waals surface area contributed by atoms with Crippen molar-refractivity contribution in [2.45, 2.75) is 11.5 Å². The normalized spacial score (nSPS) is 24.7. The molecule has 0 unspecified atom stereocenters. The van der Waals surface area contributed by atoms with Crippen molar-refractivity contribution in [2.24, 2.45) is 0 Å². The van der Waals surface area contributed by atoms with Gasteiger partial charge in [-0.1, -0.05) is 18.2 Å². The van der Waals surface area contributed by atoms with E-state index in [1.165, 1.54) is 4.90 Å². The maximum Gasteiger partial charge on any atom is 0.329 e. The summed E-state index contributed by atoms with van der Waals surface area (Å²) in [5.74, 6) is 0.831. The highest BCUT2D eigenvalue weighted by Gasteiger charge is 2.60. The van der Waals surface area contributed by atoms with E-state index in [4.69, 9.17) is 9.47 Å². The van der Waals surface area contributed by atoms with Gasteiger partial charge < -0.3 is 19.7 Å². The minimum Gasteiger partial charge on any atom is -0.497 e. The third-order valence-electron chi connectivity index (χ3n) is 5.52. The Labute approximate surface area is 163 Å². The molecular formula is C21H23N3O4. The van der Waals surface area contributed by atoms with Crippen LogP contribution in [0.25, 0.3) is 0 Å². The van der Waals surface area contributed by atoms with Gasteiger partial charge in [-0.2, -0.15) is 0 Å². The van der Waals surface area contributed by atoms with Crippen molar-refractivity contribution >= 4 is 17.6 Å². The van der Waals surface area contributed by atoms with Crippen LogP contribution in [0, 0.1) is 0 Å². The molecule has 2 saturated heterocycles. The van der Waals surface area contributed by atoms with Crippen LogP contribution in [0.5, 0.6) is 11.5 Å². The molecule has 2 aromatic carbocycles. The number of methoxy groups -OCH3 is 2. The first-order valence-corrected chi connectivity index (χ1v) is 9.12. The molecule has 1 spiro atoms. The fourth-order valence-electron chi connectivity index (χ4n) is 4.24. The first kappa shape index (κ1) is 18.3. The maximum absolute atomic E-state index is 13.5. The molecule has 0 saturated carbocycles. The second-order valence-corrected chi connectivity index (χ2v) is 7.27. The molecule has 1 N–H and O–H groups in total. The zero-order valence-electron chi connectivity index (χ0n) is 16.1. The number of imide groups is 1. The zero-order chi connectivity index (χ0) is 19.9. The Bertz CT molecular complexity index is 895. The van der Waals surface area contributed by atoms with Crippen molar-refractivity contribution in [2.75, 3.05) is 39.3 Å². The monoisotopic (exact) mass is 381 g/mol. The number of amides is 3. The Morgan fingerprint density at radius 1 is 1.04 bits per heavy atom. The van der Waals surface area contributed by atoms with Crippen LogP contribution in [0.15, 0.2) is 48.5 Å². The summed E-state index contributed by atoms with van der Waals surface area (Å²) in [4.78, 5) is 29.6. The smallest absolute Gasteiger partial charge is 0.329 e. The highest BCUT2D eigenvalue weighted by atomic mass is 16.5. The van der Waals surface area contributed by atoms with Gasteiger partial charge in [0.2, 0.25) is 0 Å². The summed E-state index contributed by atoms with van der Waals surface area (Å²) in [5.41, 5.74) is 0.432. The van der Waals surface area contributed by atoms with Gasteiger partial charge in [0.05, 0.1) is 19.9 Å². The molecule has 0 aromatic heterocycles. The summed E-state index contributed by atoms with van der Waals surface area (Å²) in [6.07, 6.45) is 0. The number of nitrogens with zero attached hydrogens (tertiary/aromatic N) is 2. The first-order chi connectivity index (χ1) is 13.5. The third kappa shape index (κ3) is 2.79. The highest BCUT2D eigenvalue weighted by molar-refractivity contribution is 6.24. The van der Waals surface area contributed by atoms with Gasteiger partial charge in [-0.05, 0) is 36.9 Å². The van der Waals surface area contributed by atoms with E-state index in [0.717, 1.165) is 5.56 Å². The Morgan fingerprint density at radius 2 is 1.68 bits per heavy atom. The van der Waals surface area contributed by atoms with Crippen molar-refractivity contribution in [1.82, 2.24) is 10.2 Å². The van der Waals surface area contributed by atoms with Gasteiger partial charge in [-0.3, -0.25) is 4.79 Å². The summed E-state index contributed by atoms with van der Waals surface area (Å²) in [5, 5.41) is 3.00. The largest absolute Gasteiger partial charge is 0.497 e. The fraction of sp³-hybridized carbons (Fsp3) is 0.333. The van der Waals surface area contributed by atoms with Crippen LogP contribution in [0.3, 0.4) is 0 Å². The Kier molecular flexibility index (Phi) is 4.47. The number of carbonyl (C=O) groups excluding carboxylic acids is 2. The van der Waals surface area contributed by atoms with Gasteiger partial charge in [0, 0.05) is 25.1 Å². The fourth-order valence-corrected chi connectivity index (χ4v) is 4.24. The van der Waals surface area contributed by atoms with Gasteiger partial charge in [0.15, 0.2) is 0 Å². The molecule has 2 atom stereocenters. The Hall–Kier alpha value is -3.06. The summed E-state index contributed by atoms with van der Waals surface area (Å²) in [6.45, 7) is 1.07. The van der Waals surface area contributed by atoms with Gasteiger partial charge in [-0.15, -0.1) is 0 Å². The zero-order valence-corrected chi connectivity index (χ0v) is 16.1. The van der Waals surface area contributed by atoms with Gasteiger partial charge >= 0.3 is 6.03 Å². The first-order valence-electron chi connectivity index (χ1n) is 9.12. The predicted octanol–water partition coefficient (Wildman–Crippen LogP) is 2.23. The van der Waals surface area contributed by atoms with Gasteiger partial charge in [0.1, 0.15) is 17.0 Å². The van der Waals surface area contributed by atoms with Gasteiger partial charge in [-0.25, -0.2) is 9.69 Å². The molecule has 146 valence electrons. The Morgan fingerprint density at radius 3 is 2.29 bits per heavy atom. The number of hydrogen-bond acceptors (Lipinski definition) is 5. The number of likely N-dealkylation sites (N-methyl/N-ethyl adjacent to an activating group) is 1. The van der Waals surface area contributed by atoms with Gasteiger partial charge in [0.25, 0.3) is 5.91 Å². The number of benzene rings is 2. The van der Waals surface area contributed by atoms with Crippen LogP contribution in [-0.2, 0) is 4.79 Å². The molecule has 7 heteroatoms. The topological polar surface area (TPSA) is 71.1 Å². The molecule has 0 aliphatic carbocycles. The molecule has 2 heterocycles. The number of urea groups is 1. The number of para-hydroxylation sites is 1. The molecule has 7 nitrogen and oxygen atoms in total. The standard InChI is InChI=1S/C21H23N3O4/c1-23-12-18(14-9-16(27-2)11-17(10-14)28-3)21(13-23)19(25)24(20(26)22-21)15-7-5-4-6-8-15/h4-11,18H,12-13H2,1-3H3,(H,22,26)/t18-,21-/m0/s1. The van der Waals surface area contributed by atoms with E-state index in [1.54, 1.807) is 32.4 Å². The highest BCUT2D eigenvalue weighted by Crippen LogP contribution is 2.42. The number of rotatable bonds is 4. The molecule has 4 rings (SSSR count). The van der Waals surface area contributed by atoms with Crippen LogP contribution in [0.4, 0.5) is 10.5 Å². The minimum absolute atomic E-state index is 0.230. The lowest BCUT2D eigenvalue weighted by molar-refractivity contribution is -0.122. The lowest BCUT2D eigenvalue weighted by Gasteiger charge is -2.28. The molecule has 3 amide bonds. The van der Waals surface area contributed by atoms with Crippen molar-refractivity contribution < 1.29 is 19.1 Å². The number of likely N-dealkylation sites (tertiary alicyclic amines) is 1. The molecule has 2 fully saturated rings. The van der Waals surface area contributed by atoms with E-state index in [-0.39, 0.29) is 11.8 Å². The van der Waals surface area contributed by atoms with E-state index in [0.29, 0.717) is 30.3 Å². The van der Waals surface area contributed by atoms with E-state index in [1.807, 2.05) is 37.4 Å². The van der Waals surface area contributed by atoms with Crippen molar-refractivity contribution in [1.29, 1.82) is 0 Å². The molecule has 2 aliphatic rings. The van der Waals surface area contributed by atoms with Crippen LogP contribution >= 0.6 is 0 Å². The predicted molar refractivity (Wildman–Crippen MR) is 105 cm³/mol. The van der Waals surface area contributed by atoms with E-state index >= 15 is 0 Å². The second kappa shape index (κ2) is 6.83. The van der Waals surface area contributed by atoms with Crippen molar-refractivity contribution in [3.8, 4) is 11.5 Å². The molecular weight excluding hydrogens is 358 g/mol. The summed E-state index contributed by atoms with van der Waals surface area (Å²) in [7, 11) is 5.13. The number of nitrogens with one attached hydrogen (secondary N) is 1. The minimum atomic E-state index is -1.03. The average molecular weight is 381 g/mol. The molecule has 28 heavy (non-hydrogen) atoms. The van der Waals surface area contributed by atoms with Crippen LogP contribution in [0.2, 0.25) is 0 Å². The number of anilines is 1. The van der Waals surface area contributed by atoms with Crippen LogP contribution in [0.1, 0.15) is 11.5 Å². The lowest BCUT2D eigenvalue weighted by atomic mass is 9.81. The number of carbonyl (C=O) groups is 2. The van der Waals surface area contributed by atoms with Crippen LogP contribution < -0.4 is 19.7 Å². The quantitative estimate of drug-likeness (QED) is 0.823. The summed E-state index contributed by atoms with van der Waals surface area (Å²) >= 11 is 0. The van der Waals surface area contributed by atoms with E-state index in [9.17, 15) is 9.59 Å². The van der Waals surface area contributed by atoms with Crippen molar-refractivity contribution in [3.63, 3.8) is 0 Å². The summed E-state index contributed by atoms with van der Waals surface area (Å²) < 4.78 is 10.8.